The van der Waals surface area contributed by atoms with Crippen LogP contribution in [0.4, 0.5) is 18.9 Å². The highest BCUT2D eigenvalue weighted by atomic mass is 19.4. The maximum Gasteiger partial charge on any atom is 0.422 e. The number of rotatable bonds is 6. The lowest BCUT2D eigenvalue weighted by Crippen LogP contribution is -2.27. The quantitative estimate of drug-likeness (QED) is 0.841. The second kappa shape index (κ2) is 7.54. The fourth-order valence-corrected chi connectivity index (χ4v) is 2.39. The molecule has 0 aromatic heterocycles. The summed E-state index contributed by atoms with van der Waals surface area (Å²) in [5.74, 6) is -0.0948. The Balaban J connectivity index is 1.99. The zero-order valence-electron chi connectivity index (χ0n) is 12.7. The maximum atomic E-state index is 12.3. The lowest BCUT2D eigenvalue weighted by Gasteiger charge is -2.15. The first-order valence-electron chi connectivity index (χ1n) is 7.28. The Labute approximate surface area is 132 Å². The van der Waals surface area contributed by atoms with Gasteiger partial charge in [-0.15, -0.1) is 0 Å². The second-order valence-electron chi connectivity index (χ2n) is 5.32. The van der Waals surface area contributed by atoms with E-state index in [0.717, 1.165) is 19.4 Å². The predicted octanol–water partition coefficient (Wildman–Crippen LogP) is 2.72. The van der Waals surface area contributed by atoms with Crippen LogP contribution in [0.1, 0.15) is 19.3 Å². The maximum absolute atomic E-state index is 12.3. The fraction of sp³-hybridized carbons (Fsp3) is 0.533. The van der Waals surface area contributed by atoms with Gasteiger partial charge >= 0.3 is 6.18 Å². The number of benzene rings is 1. The molecule has 1 aromatic rings. The third kappa shape index (κ3) is 5.63. The molecule has 2 N–H and O–H groups in total. The van der Waals surface area contributed by atoms with Crippen molar-refractivity contribution in [1.82, 2.24) is 5.32 Å². The van der Waals surface area contributed by atoms with Crippen LogP contribution >= 0.6 is 0 Å². The Bertz CT molecular complexity index is 543. The van der Waals surface area contributed by atoms with Crippen molar-refractivity contribution in [1.29, 1.82) is 0 Å². The molecule has 1 aromatic carbocycles. The van der Waals surface area contributed by atoms with Gasteiger partial charge in [0.1, 0.15) is 0 Å². The summed E-state index contributed by atoms with van der Waals surface area (Å²) < 4.78 is 46.5. The number of methoxy groups -OCH3 is 1. The predicted molar refractivity (Wildman–Crippen MR) is 78.8 cm³/mol. The molecule has 0 aliphatic carbocycles. The summed E-state index contributed by atoms with van der Waals surface area (Å²) >= 11 is 0. The van der Waals surface area contributed by atoms with Gasteiger partial charge in [0.05, 0.1) is 7.11 Å². The zero-order chi connectivity index (χ0) is 16.9. The molecule has 1 atom stereocenters. The molecule has 1 heterocycles. The normalized spacial score (nSPS) is 17.8. The summed E-state index contributed by atoms with van der Waals surface area (Å²) in [6, 6.07) is 4.48. The molecule has 0 bridgehead atoms. The Kier molecular flexibility index (Phi) is 5.70. The number of hydrogen-bond donors (Lipinski definition) is 2. The highest BCUT2D eigenvalue weighted by Gasteiger charge is 2.29. The first-order chi connectivity index (χ1) is 10.9. The molecule has 2 rings (SSSR count). The monoisotopic (exact) mass is 332 g/mol. The number of alkyl halides is 3. The van der Waals surface area contributed by atoms with E-state index in [4.69, 9.17) is 9.47 Å². The van der Waals surface area contributed by atoms with Gasteiger partial charge in [-0.1, -0.05) is 0 Å². The van der Waals surface area contributed by atoms with Crippen molar-refractivity contribution in [2.24, 2.45) is 0 Å². The topological polar surface area (TPSA) is 59.6 Å². The van der Waals surface area contributed by atoms with E-state index in [2.05, 4.69) is 10.6 Å². The largest absolute Gasteiger partial charge is 0.493 e. The molecule has 1 aliphatic rings. The van der Waals surface area contributed by atoms with Crippen LogP contribution in [0.5, 0.6) is 11.5 Å². The van der Waals surface area contributed by atoms with Crippen molar-refractivity contribution in [3.8, 4) is 11.5 Å². The third-order valence-electron chi connectivity index (χ3n) is 3.43. The van der Waals surface area contributed by atoms with E-state index in [1.54, 1.807) is 6.07 Å². The molecular weight excluding hydrogens is 313 g/mol. The highest BCUT2D eigenvalue weighted by molar-refractivity contribution is 5.91. The molecule has 23 heavy (non-hydrogen) atoms. The lowest BCUT2D eigenvalue weighted by molar-refractivity contribution is -0.153. The fourth-order valence-electron chi connectivity index (χ4n) is 2.39. The highest BCUT2D eigenvalue weighted by Crippen LogP contribution is 2.31. The Hall–Kier alpha value is -1.96. The molecule has 0 radical (unpaired) electrons. The summed E-state index contributed by atoms with van der Waals surface area (Å²) in [7, 11) is 1.33. The van der Waals surface area contributed by atoms with Gasteiger partial charge in [-0.05, 0) is 31.5 Å². The van der Waals surface area contributed by atoms with E-state index in [1.807, 2.05) is 0 Å². The summed E-state index contributed by atoms with van der Waals surface area (Å²) in [5.41, 5.74) is 0.367. The minimum absolute atomic E-state index is 0.0679. The molecule has 128 valence electrons. The first-order valence-corrected chi connectivity index (χ1v) is 7.28. The van der Waals surface area contributed by atoms with Gasteiger partial charge in [0.2, 0.25) is 5.91 Å². The van der Waals surface area contributed by atoms with Crippen molar-refractivity contribution in [3.05, 3.63) is 18.2 Å². The number of hydrogen-bond acceptors (Lipinski definition) is 4. The molecule has 1 unspecified atom stereocenters. The molecule has 0 spiro atoms. The molecule has 0 saturated carbocycles. The van der Waals surface area contributed by atoms with E-state index in [-0.39, 0.29) is 23.4 Å². The summed E-state index contributed by atoms with van der Waals surface area (Å²) in [6.45, 7) is -0.525. The number of amides is 1. The van der Waals surface area contributed by atoms with Gasteiger partial charge < -0.3 is 20.1 Å². The van der Waals surface area contributed by atoms with Crippen LogP contribution < -0.4 is 20.1 Å². The number of carbonyl (C=O) groups excluding carboxylic acids is 1. The van der Waals surface area contributed by atoms with Crippen molar-refractivity contribution in [3.63, 3.8) is 0 Å². The van der Waals surface area contributed by atoms with Crippen molar-refractivity contribution >= 4 is 11.6 Å². The Morgan fingerprint density at radius 3 is 2.78 bits per heavy atom. The Morgan fingerprint density at radius 1 is 1.39 bits per heavy atom. The van der Waals surface area contributed by atoms with Gasteiger partial charge in [-0.3, -0.25) is 4.79 Å². The van der Waals surface area contributed by atoms with E-state index >= 15 is 0 Å². The van der Waals surface area contributed by atoms with Crippen molar-refractivity contribution in [2.75, 3.05) is 25.6 Å². The molecule has 1 fully saturated rings. The molecular formula is C15H19F3N2O3. The van der Waals surface area contributed by atoms with Gasteiger partial charge in [-0.2, -0.15) is 13.2 Å². The minimum Gasteiger partial charge on any atom is -0.493 e. The summed E-state index contributed by atoms with van der Waals surface area (Å²) in [6.07, 6.45) is -2.14. The minimum atomic E-state index is -4.45. The zero-order valence-corrected chi connectivity index (χ0v) is 12.7. The summed E-state index contributed by atoms with van der Waals surface area (Å²) in [5, 5.41) is 5.87. The van der Waals surface area contributed by atoms with Crippen LogP contribution in [0, 0.1) is 0 Å². The van der Waals surface area contributed by atoms with E-state index in [0.29, 0.717) is 12.1 Å². The van der Waals surface area contributed by atoms with Crippen molar-refractivity contribution < 1.29 is 27.4 Å². The number of anilines is 1. The van der Waals surface area contributed by atoms with Gasteiger partial charge in [0.25, 0.3) is 0 Å². The van der Waals surface area contributed by atoms with Gasteiger partial charge in [-0.25, -0.2) is 0 Å². The lowest BCUT2D eigenvalue weighted by atomic mass is 10.1. The average molecular weight is 332 g/mol. The number of carbonyl (C=O) groups is 1. The van der Waals surface area contributed by atoms with Crippen LogP contribution in [0.2, 0.25) is 0 Å². The average Bonchev–Trinajstić information content (AvgIpc) is 2.97. The van der Waals surface area contributed by atoms with E-state index < -0.39 is 12.8 Å². The van der Waals surface area contributed by atoms with Crippen LogP contribution in [0.25, 0.3) is 0 Å². The van der Waals surface area contributed by atoms with Crippen molar-refractivity contribution in [2.45, 2.75) is 31.5 Å². The van der Waals surface area contributed by atoms with E-state index in [9.17, 15) is 18.0 Å². The molecule has 1 saturated heterocycles. The van der Waals surface area contributed by atoms with E-state index in [1.165, 1.54) is 19.2 Å². The standard InChI is InChI=1S/C15H19F3N2O3/c1-22-12-5-4-11(7-13(12)23-9-15(16,17)18)20-14(21)8-10-3-2-6-19-10/h4-5,7,10,19H,2-3,6,8-9H2,1H3,(H,20,21). The van der Waals surface area contributed by atoms with Crippen LogP contribution in [-0.2, 0) is 4.79 Å². The molecule has 5 nitrogen and oxygen atoms in total. The SMILES string of the molecule is COc1ccc(NC(=O)CC2CCCN2)cc1OCC(F)(F)F. The molecule has 8 heteroatoms. The number of ether oxygens (including phenoxy) is 2. The number of nitrogens with one attached hydrogen (secondary N) is 2. The Morgan fingerprint density at radius 2 is 2.17 bits per heavy atom. The first kappa shape index (κ1) is 17.4. The van der Waals surface area contributed by atoms with Gasteiger partial charge in [0, 0.05) is 24.2 Å². The second-order valence-corrected chi connectivity index (χ2v) is 5.32. The molecule has 1 aliphatic heterocycles. The van der Waals surface area contributed by atoms with Gasteiger partial charge in [0.15, 0.2) is 18.1 Å². The molecule has 1 amide bonds. The third-order valence-corrected chi connectivity index (χ3v) is 3.43. The number of halogens is 3. The van der Waals surface area contributed by atoms with Crippen LogP contribution in [0.15, 0.2) is 18.2 Å². The van der Waals surface area contributed by atoms with Crippen LogP contribution in [0.3, 0.4) is 0 Å². The smallest absolute Gasteiger partial charge is 0.422 e. The van der Waals surface area contributed by atoms with Crippen LogP contribution in [-0.4, -0.2) is 38.4 Å². The summed E-state index contributed by atoms with van der Waals surface area (Å²) in [4.78, 5) is 11.9.